The number of benzene rings is 1. The molecule has 0 saturated heterocycles. The second-order valence-corrected chi connectivity index (χ2v) is 7.52. The molecule has 1 aromatic heterocycles. The lowest BCUT2D eigenvalue weighted by molar-refractivity contribution is 0.00764. The first kappa shape index (κ1) is 16.0. The number of hydrogen-bond donors (Lipinski definition) is 1. The molecule has 1 aromatic carbocycles. The summed E-state index contributed by atoms with van der Waals surface area (Å²) in [7, 11) is 0. The molecule has 2 aromatic rings. The van der Waals surface area contributed by atoms with Crippen LogP contribution in [-0.2, 0) is 4.74 Å². The molecule has 3 nitrogen and oxygen atoms in total. The van der Waals surface area contributed by atoms with Gasteiger partial charge in [-0.3, -0.25) is 0 Å². The summed E-state index contributed by atoms with van der Waals surface area (Å²) in [4.78, 5) is 13.1. The molecule has 2 N–H and O–H groups in total. The number of esters is 1. The first-order valence-corrected chi connectivity index (χ1v) is 7.86. The maximum absolute atomic E-state index is 13.5. The largest absolute Gasteiger partial charge is 0.456 e. The monoisotopic (exact) mass is 371 g/mol. The lowest BCUT2D eigenvalue weighted by Crippen LogP contribution is -2.23. The molecule has 0 fully saturated rings. The summed E-state index contributed by atoms with van der Waals surface area (Å²) in [6, 6.07) is 6.20. The number of hydrogen-bond acceptors (Lipinski definition) is 4. The molecule has 0 amide bonds. The van der Waals surface area contributed by atoms with E-state index in [1.165, 1.54) is 23.5 Å². The van der Waals surface area contributed by atoms with E-state index in [0.717, 1.165) is 0 Å². The minimum Gasteiger partial charge on any atom is -0.456 e. The summed E-state index contributed by atoms with van der Waals surface area (Å²) in [6.45, 7) is 5.37. The van der Waals surface area contributed by atoms with Gasteiger partial charge < -0.3 is 10.5 Å². The van der Waals surface area contributed by atoms with Crippen molar-refractivity contribution in [3.63, 3.8) is 0 Å². The number of carbonyl (C=O) groups excluding carboxylic acids is 1. The highest BCUT2D eigenvalue weighted by atomic mass is 79.9. The summed E-state index contributed by atoms with van der Waals surface area (Å²) in [5.74, 6) is -0.822. The Bertz CT molecular complexity index is 671. The molecule has 2 rings (SSSR count). The van der Waals surface area contributed by atoms with Gasteiger partial charge in [0.25, 0.3) is 0 Å². The first-order chi connectivity index (χ1) is 9.65. The van der Waals surface area contributed by atoms with Crippen molar-refractivity contribution in [1.82, 2.24) is 0 Å². The van der Waals surface area contributed by atoms with Crippen molar-refractivity contribution in [1.29, 1.82) is 0 Å². The van der Waals surface area contributed by atoms with Gasteiger partial charge in [0.2, 0.25) is 0 Å². The van der Waals surface area contributed by atoms with E-state index in [1.54, 1.807) is 32.9 Å². The summed E-state index contributed by atoms with van der Waals surface area (Å²) >= 11 is 4.44. The quantitative estimate of drug-likeness (QED) is 0.767. The lowest BCUT2D eigenvalue weighted by Gasteiger charge is -2.18. The molecule has 0 saturated carbocycles. The predicted octanol–water partition coefficient (Wildman–Crippen LogP) is 4.85. The Balaban J connectivity index is 2.37. The average molecular weight is 372 g/mol. The van der Waals surface area contributed by atoms with Crippen molar-refractivity contribution < 1.29 is 13.9 Å². The van der Waals surface area contributed by atoms with Crippen LogP contribution >= 0.6 is 27.3 Å². The van der Waals surface area contributed by atoms with Crippen molar-refractivity contribution in [3.05, 3.63) is 39.4 Å². The Morgan fingerprint density at radius 3 is 2.52 bits per heavy atom. The molecule has 6 heteroatoms. The Morgan fingerprint density at radius 1 is 1.29 bits per heavy atom. The maximum Gasteiger partial charge on any atom is 0.350 e. The number of nitrogens with two attached hydrogens (primary N) is 1. The van der Waals surface area contributed by atoms with E-state index in [0.29, 0.717) is 25.5 Å². The third-order valence-electron chi connectivity index (χ3n) is 2.49. The highest BCUT2D eigenvalue weighted by Gasteiger charge is 2.22. The maximum atomic E-state index is 13.5. The van der Waals surface area contributed by atoms with Crippen LogP contribution in [0.4, 0.5) is 10.1 Å². The number of anilines is 1. The zero-order chi connectivity index (χ0) is 15.8. The smallest absolute Gasteiger partial charge is 0.350 e. The average Bonchev–Trinajstić information content (AvgIpc) is 2.68. The zero-order valence-corrected chi connectivity index (χ0v) is 14.3. The highest BCUT2D eigenvalue weighted by Crippen LogP contribution is 2.35. The van der Waals surface area contributed by atoms with Crippen LogP contribution in [0.3, 0.4) is 0 Å². The minimum atomic E-state index is -0.588. The van der Waals surface area contributed by atoms with Gasteiger partial charge >= 0.3 is 5.97 Å². The topological polar surface area (TPSA) is 52.3 Å². The zero-order valence-electron chi connectivity index (χ0n) is 11.9. The number of thiophene rings is 1. The molecule has 0 spiro atoms. The van der Waals surface area contributed by atoms with Crippen LogP contribution in [0.25, 0.3) is 10.4 Å². The van der Waals surface area contributed by atoms with E-state index in [9.17, 15) is 9.18 Å². The third kappa shape index (κ3) is 4.04. The van der Waals surface area contributed by atoms with Crippen LogP contribution in [0.5, 0.6) is 0 Å². The summed E-state index contributed by atoms with van der Waals surface area (Å²) < 4.78 is 19.4. The molecule has 0 bridgehead atoms. The van der Waals surface area contributed by atoms with Crippen LogP contribution in [0.15, 0.2) is 28.7 Å². The fourth-order valence-corrected chi connectivity index (χ4v) is 3.14. The molecule has 0 aliphatic heterocycles. The van der Waals surface area contributed by atoms with Crippen molar-refractivity contribution in [2.45, 2.75) is 26.4 Å². The highest BCUT2D eigenvalue weighted by molar-refractivity contribution is 9.10. The van der Waals surface area contributed by atoms with Crippen molar-refractivity contribution in [3.8, 4) is 10.4 Å². The van der Waals surface area contributed by atoms with Crippen LogP contribution in [0.1, 0.15) is 30.4 Å². The molecule has 21 heavy (non-hydrogen) atoms. The van der Waals surface area contributed by atoms with E-state index >= 15 is 0 Å². The standard InChI is InChI=1S/C15H15BrFNO2S/c1-15(2,3)20-14(19)13-11(18)7-12(21-13)8-4-9(16)6-10(17)5-8/h4-7H,18H2,1-3H3. The lowest BCUT2D eigenvalue weighted by atomic mass is 10.2. The number of halogens is 2. The number of ether oxygens (including phenoxy) is 1. The summed E-state index contributed by atoms with van der Waals surface area (Å²) in [5.41, 5.74) is 6.29. The van der Waals surface area contributed by atoms with Gasteiger partial charge in [-0.05, 0) is 50.6 Å². The van der Waals surface area contributed by atoms with E-state index in [4.69, 9.17) is 10.5 Å². The van der Waals surface area contributed by atoms with E-state index in [-0.39, 0.29) is 5.82 Å². The van der Waals surface area contributed by atoms with Crippen LogP contribution in [0, 0.1) is 5.82 Å². The van der Waals surface area contributed by atoms with Crippen molar-refractivity contribution >= 4 is 38.9 Å². The Labute approximate surface area is 135 Å². The van der Waals surface area contributed by atoms with Gasteiger partial charge in [0.15, 0.2) is 0 Å². The molecule has 0 atom stereocenters. The fourth-order valence-electron chi connectivity index (χ4n) is 1.73. The third-order valence-corrected chi connectivity index (χ3v) is 4.13. The number of rotatable bonds is 2. The number of nitrogen functional groups attached to an aromatic ring is 1. The molecule has 0 aliphatic carbocycles. The summed E-state index contributed by atoms with van der Waals surface area (Å²) in [6.07, 6.45) is 0. The summed E-state index contributed by atoms with van der Waals surface area (Å²) in [5, 5.41) is 0. The second-order valence-electron chi connectivity index (χ2n) is 5.56. The SMILES string of the molecule is CC(C)(C)OC(=O)c1sc(-c2cc(F)cc(Br)c2)cc1N. The molecule has 0 unspecified atom stereocenters. The van der Waals surface area contributed by atoms with Gasteiger partial charge in [-0.2, -0.15) is 0 Å². The van der Waals surface area contributed by atoms with Crippen LogP contribution in [0.2, 0.25) is 0 Å². The Hall–Kier alpha value is -1.40. The van der Waals surface area contributed by atoms with Gasteiger partial charge in [0.1, 0.15) is 16.3 Å². The molecular formula is C15H15BrFNO2S. The second kappa shape index (κ2) is 5.77. The van der Waals surface area contributed by atoms with Gasteiger partial charge in [-0.25, -0.2) is 9.18 Å². The first-order valence-electron chi connectivity index (χ1n) is 6.25. The molecule has 0 aliphatic rings. The fraction of sp³-hybridized carbons (Fsp3) is 0.267. The predicted molar refractivity (Wildman–Crippen MR) is 87.0 cm³/mol. The van der Waals surface area contributed by atoms with Crippen molar-refractivity contribution in [2.75, 3.05) is 5.73 Å². The van der Waals surface area contributed by atoms with E-state index in [2.05, 4.69) is 15.9 Å². The van der Waals surface area contributed by atoms with Crippen LogP contribution < -0.4 is 5.73 Å². The molecule has 0 radical (unpaired) electrons. The van der Waals surface area contributed by atoms with Gasteiger partial charge in [-0.1, -0.05) is 15.9 Å². The van der Waals surface area contributed by atoms with Crippen molar-refractivity contribution in [2.24, 2.45) is 0 Å². The molecule has 112 valence electrons. The number of carbonyl (C=O) groups is 1. The van der Waals surface area contributed by atoms with Gasteiger partial charge in [0.05, 0.1) is 5.69 Å². The minimum absolute atomic E-state index is 0.334. The Kier molecular flexibility index (Phi) is 4.39. The van der Waals surface area contributed by atoms with Gasteiger partial charge in [-0.15, -0.1) is 11.3 Å². The van der Waals surface area contributed by atoms with Gasteiger partial charge in [0, 0.05) is 9.35 Å². The molecular weight excluding hydrogens is 357 g/mol. The van der Waals surface area contributed by atoms with Crippen LogP contribution in [-0.4, -0.2) is 11.6 Å². The normalized spacial score (nSPS) is 11.5. The Morgan fingerprint density at radius 2 is 1.95 bits per heavy atom. The molecule has 1 heterocycles. The van der Waals surface area contributed by atoms with E-state index < -0.39 is 11.6 Å². The van der Waals surface area contributed by atoms with E-state index in [1.807, 2.05) is 0 Å².